The molecular formula is C6H6BrNO. The largest absolute Gasteiger partial charge is 0.356 e. The number of carbonyl (C=O) groups is 1. The Morgan fingerprint density at radius 2 is 2.44 bits per heavy atom. The van der Waals surface area contributed by atoms with Crippen LogP contribution in [0.25, 0.3) is 0 Å². The van der Waals surface area contributed by atoms with E-state index in [9.17, 15) is 4.79 Å². The third kappa shape index (κ3) is 1.21. The molecule has 0 aliphatic carbocycles. The van der Waals surface area contributed by atoms with Gasteiger partial charge in [0.1, 0.15) is 0 Å². The van der Waals surface area contributed by atoms with Crippen molar-refractivity contribution in [2.75, 3.05) is 0 Å². The summed E-state index contributed by atoms with van der Waals surface area (Å²) >= 11 is 3.27. The van der Waals surface area contributed by atoms with Gasteiger partial charge in [-0.2, -0.15) is 0 Å². The van der Waals surface area contributed by atoms with Gasteiger partial charge in [0.2, 0.25) is 0 Å². The number of nitrogens with one attached hydrogen (secondary N) is 1. The molecule has 9 heavy (non-hydrogen) atoms. The van der Waals surface area contributed by atoms with Crippen LogP contribution in [0.4, 0.5) is 0 Å². The molecule has 1 aromatic heterocycles. The molecule has 0 amide bonds. The number of H-pyrrole nitrogens is 1. The summed E-state index contributed by atoms with van der Waals surface area (Å²) in [5.41, 5.74) is 1.59. The molecule has 0 spiro atoms. The van der Waals surface area contributed by atoms with Crippen molar-refractivity contribution in [1.29, 1.82) is 0 Å². The third-order valence-corrected chi connectivity index (χ3v) is 1.92. The highest BCUT2D eigenvalue weighted by molar-refractivity contribution is 9.10. The van der Waals surface area contributed by atoms with Crippen LogP contribution in [0.3, 0.4) is 0 Å². The van der Waals surface area contributed by atoms with Gasteiger partial charge in [0.25, 0.3) is 0 Å². The summed E-state index contributed by atoms with van der Waals surface area (Å²) < 4.78 is 0.949. The number of aromatic amines is 1. The highest BCUT2D eigenvalue weighted by Gasteiger charge is 1.97. The maximum atomic E-state index is 10.1. The summed E-state index contributed by atoms with van der Waals surface area (Å²) in [7, 11) is 0. The van der Waals surface area contributed by atoms with Gasteiger partial charge in [0.05, 0.1) is 5.69 Å². The van der Waals surface area contributed by atoms with Crippen LogP contribution < -0.4 is 0 Å². The second kappa shape index (κ2) is 2.35. The van der Waals surface area contributed by atoms with E-state index in [1.165, 1.54) is 0 Å². The zero-order valence-corrected chi connectivity index (χ0v) is 6.53. The van der Waals surface area contributed by atoms with Crippen LogP contribution in [-0.4, -0.2) is 11.3 Å². The fourth-order valence-corrected chi connectivity index (χ4v) is 0.966. The molecule has 0 aromatic carbocycles. The van der Waals surface area contributed by atoms with Gasteiger partial charge in [-0.25, -0.2) is 0 Å². The molecule has 0 aliphatic rings. The Morgan fingerprint density at radius 1 is 1.78 bits per heavy atom. The number of hydrogen-bond donors (Lipinski definition) is 1. The molecule has 1 N–H and O–H groups in total. The second-order valence-corrected chi connectivity index (χ2v) is 2.67. The summed E-state index contributed by atoms with van der Waals surface area (Å²) in [6.45, 7) is 1.90. The molecule has 1 rings (SSSR count). The lowest BCUT2D eigenvalue weighted by molar-refractivity contribution is 0.111. The lowest BCUT2D eigenvalue weighted by Gasteiger charge is -1.80. The average Bonchev–Trinajstić information content (AvgIpc) is 2.13. The van der Waals surface area contributed by atoms with E-state index in [0.29, 0.717) is 5.69 Å². The minimum atomic E-state index is 0.611. The predicted molar refractivity (Wildman–Crippen MR) is 38.6 cm³/mol. The smallest absolute Gasteiger partial charge is 0.166 e. The summed E-state index contributed by atoms with van der Waals surface area (Å²) in [4.78, 5) is 13.0. The number of hydrogen-bond acceptors (Lipinski definition) is 1. The van der Waals surface area contributed by atoms with Gasteiger partial charge in [0.15, 0.2) is 6.29 Å². The van der Waals surface area contributed by atoms with Gasteiger partial charge in [-0.3, -0.25) is 4.79 Å². The number of aldehydes is 1. The van der Waals surface area contributed by atoms with Crippen molar-refractivity contribution >= 4 is 22.2 Å². The minimum Gasteiger partial charge on any atom is -0.356 e. The lowest BCUT2D eigenvalue weighted by Crippen LogP contribution is -1.76. The number of rotatable bonds is 1. The Labute approximate surface area is 61.4 Å². The van der Waals surface area contributed by atoms with Gasteiger partial charge in [0, 0.05) is 10.2 Å². The van der Waals surface area contributed by atoms with Crippen LogP contribution in [0, 0.1) is 6.92 Å². The maximum absolute atomic E-state index is 10.1. The molecule has 0 saturated carbocycles. The van der Waals surface area contributed by atoms with Crippen molar-refractivity contribution in [2.45, 2.75) is 6.92 Å². The van der Waals surface area contributed by atoms with E-state index >= 15 is 0 Å². The van der Waals surface area contributed by atoms with E-state index in [0.717, 1.165) is 16.5 Å². The Kier molecular flexibility index (Phi) is 1.71. The summed E-state index contributed by atoms with van der Waals surface area (Å²) in [5.74, 6) is 0. The number of aryl methyl sites for hydroxylation is 1. The van der Waals surface area contributed by atoms with Crippen molar-refractivity contribution < 1.29 is 4.79 Å². The number of halogens is 1. The van der Waals surface area contributed by atoms with Gasteiger partial charge >= 0.3 is 0 Å². The van der Waals surface area contributed by atoms with Crippen molar-refractivity contribution in [1.82, 2.24) is 4.98 Å². The van der Waals surface area contributed by atoms with Gasteiger partial charge in [-0.05, 0) is 28.9 Å². The Balaban J connectivity index is 3.11. The van der Waals surface area contributed by atoms with E-state index in [-0.39, 0.29) is 0 Å². The summed E-state index contributed by atoms with van der Waals surface area (Å²) in [5, 5.41) is 0. The summed E-state index contributed by atoms with van der Waals surface area (Å²) in [6.07, 6.45) is 0.789. The average molecular weight is 188 g/mol. The Bertz CT molecular complexity index is 209. The first kappa shape index (κ1) is 6.55. The van der Waals surface area contributed by atoms with E-state index in [4.69, 9.17) is 0 Å². The normalized spacial score (nSPS) is 9.56. The van der Waals surface area contributed by atoms with E-state index < -0.39 is 0 Å². The Morgan fingerprint density at radius 3 is 2.67 bits per heavy atom. The zero-order chi connectivity index (χ0) is 6.85. The molecule has 1 aromatic rings. The molecule has 0 bridgehead atoms. The fraction of sp³-hybridized carbons (Fsp3) is 0.167. The molecular weight excluding hydrogens is 182 g/mol. The van der Waals surface area contributed by atoms with Crippen LogP contribution in [0.5, 0.6) is 0 Å². The van der Waals surface area contributed by atoms with Crippen molar-refractivity contribution in [3.8, 4) is 0 Å². The summed E-state index contributed by atoms with van der Waals surface area (Å²) in [6, 6.07) is 1.75. The SMILES string of the molecule is Cc1[nH]c(C=O)cc1Br. The first-order valence-electron chi connectivity index (χ1n) is 2.54. The highest BCUT2D eigenvalue weighted by Crippen LogP contribution is 2.14. The van der Waals surface area contributed by atoms with Gasteiger partial charge in [-0.15, -0.1) is 0 Å². The first-order valence-corrected chi connectivity index (χ1v) is 3.33. The molecule has 0 fully saturated rings. The monoisotopic (exact) mass is 187 g/mol. The van der Waals surface area contributed by atoms with E-state index in [2.05, 4.69) is 20.9 Å². The molecule has 2 nitrogen and oxygen atoms in total. The van der Waals surface area contributed by atoms with E-state index in [1.54, 1.807) is 6.07 Å². The molecule has 1 heterocycles. The molecule has 0 aliphatic heterocycles. The van der Waals surface area contributed by atoms with Crippen molar-refractivity contribution in [3.63, 3.8) is 0 Å². The van der Waals surface area contributed by atoms with Gasteiger partial charge in [-0.1, -0.05) is 0 Å². The molecule has 3 heteroatoms. The lowest BCUT2D eigenvalue weighted by atomic mass is 10.4. The molecule has 0 saturated heterocycles. The van der Waals surface area contributed by atoms with E-state index in [1.807, 2.05) is 6.92 Å². The molecule has 0 unspecified atom stereocenters. The topological polar surface area (TPSA) is 32.9 Å². The van der Waals surface area contributed by atoms with Crippen LogP contribution in [0.15, 0.2) is 10.5 Å². The molecule has 0 atom stereocenters. The quantitative estimate of drug-likeness (QED) is 0.670. The van der Waals surface area contributed by atoms with Crippen LogP contribution in [0.1, 0.15) is 16.2 Å². The fourth-order valence-electron chi connectivity index (χ4n) is 0.621. The highest BCUT2D eigenvalue weighted by atomic mass is 79.9. The zero-order valence-electron chi connectivity index (χ0n) is 4.94. The molecule has 48 valence electrons. The van der Waals surface area contributed by atoms with Gasteiger partial charge < -0.3 is 4.98 Å². The minimum absolute atomic E-state index is 0.611. The van der Waals surface area contributed by atoms with Crippen LogP contribution in [0.2, 0.25) is 0 Å². The third-order valence-electron chi connectivity index (χ3n) is 1.10. The van der Waals surface area contributed by atoms with Crippen LogP contribution in [-0.2, 0) is 0 Å². The number of carbonyl (C=O) groups excluding carboxylic acids is 1. The first-order chi connectivity index (χ1) is 4.24. The molecule has 0 radical (unpaired) electrons. The van der Waals surface area contributed by atoms with Crippen molar-refractivity contribution in [2.24, 2.45) is 0 Å². The predicted octanol–water partition coefficient (Wildman–Crippen LogP) is 1.90. The standard InChI is InChI=1S/C6H6BrNO/c1-4-6(7)2-5(3-9)8-4/h2-3,8H,1H3. The van der Waals surface area contributed by atoms with Crippen LogP contribution >= 0.6 is 15.9 Å². The van der Waals surface area contributed by atoms with Crippen molar-refractivity contribution in [3.05, 3.63) is 21.9 Å². The number of aromatic nitrogens is 1. The Hall–Kier alpha value is -0.570. The maximum Gasteiger partial charge on any atom is 0.166 e. The second-order valence-electron chi connectivity index (χ2n) is 1.82.